The Bertz CT molecular complexity index is 1360. The van der Waals surface area contributed by atoms with Crippen LogP contribution in [0.4, 0.5) is 0 Å². The summed E-state index contributed by atoms with van der Waals surface area (Å²) in [5.41, 5.74) is -2.41. The van der Waals surface area contributed by atoms with E-state index in [4.69, 9.17) is 0 Å². The van der Waals surface area contributed by atoms with Crippen LogP contribution in [-0.2, 0) is 9.59 Å². The third-order valence-electron chi connectivity index (χ3n) is 12.6. The highest BCUT2D eigenvalue weighted by Crippen LogP contribution is 2.42. The fourth-order valence-corrected chi connectivity index (χ4v) is 9.78. The van der Waals surface area contributed by atoms with E-state index in [0.717, 1.165) is 57.8 Å². The lowest BCUT2D eigenvalue weighted by Gasteiger charge is -2.45. The van der Waals surface area contributed by atoms with Gasteiger partial charge in [-0.25, -0.2) is 0 Å². The predicted molar refractivity (Wildman–Crippen MR) is 188 cm³/mol. The molecular weight excluding hydrogens is 616 g/mol. The quantitative estimate of drug-likeness (QED) is 0.312. The van der Waals surface area contributed by atoms with E-state index in [1.165, 1.54) is 0 Å². The maximum atomic E-state index is 13.9. The molecule has 2 saturated heterocycles. The lowest BCUT2D eigenvalue weighted by molar-refractivity contribution is -0.147. The summed E-state index contributed by atoms with van der Waals surface area (Å²) in [6.45, 7) is 4.80. The largest absolute Gasteiger partial charge is 0.381 e. The molecule has 2 aliphatic carbocycles. The Labute approximate surface area is 291 Å². The van der Waals surface area contributed by atoms with E-state index in [2.05, 4.69) is 6.92 Å². The average molecular weight is 671 g/mol. The molecule has 4 fully saturated rings. The van der Waals surface area contributed by atoms with Crippen LogP contribution in [0.25, 0.3) is 0 Å². The molecule has 2 saturated carbocycles. The van der Waals surface area contributed by atoms with E-state index in [1.54, 1.807) is 48.5 Å². The first-order chi connectivity index (χ1) is 23.7. The van der Waals surface area contributed by atoms with Crippen LogP contribution in [0.5, 0.6) is 0 Å². The van der Waals surface area contributed by atoms with Gasteiger partial charge in [-0.1, -0.05) is 99.7 Å². The van der Waals surface area contributed by atoms with Crippen LogP contribution in [0.1, 0.15) is 111 Å². The molecule has 0 spiro atoms. The molecule has 2 N–H and O–H groups in total. The average Bonchev–Trinajstić information content (AvgIpc) is 3.15. The van der Waals surface area contributed by atoms with Crippen LogP contribution >= 0.6 is 0 Å². The molecule has 0 aromatic heterocycles. The Morgan fingerprint density at radius 2 is 0.980 bits per heavy atom. The van der Waals surface area contributed by atoms with Gasteiger partial charge in [0.05, 0.1) is 11.8 Å². The van der Waals surface area contributed by atoms with Gasteiger partial charge in [-0.3, -0.25) is 19.2 Å². The number of hydrogen-bond acceptors (Lipinski definition) is 6. The van der Waals surface area contributed by atoms with Crippen LogP contribution in [0, 0.1) is 29.6 Å². The number of ketones is 2. The van der Waals surface area contributed by atoms with E-state index < -0.39 is 23.0 Å². The number of nitrogens with zero attached hydrogens (tertiary/aromatic N) is 2. The zero-order valence-corrected chi connectivity index (χ0v) is 29.1. The van der Waals surface area contributed by atoms with Crippen molar-refractivity contribution in [3.63, 3.8) is 0 Å². The molecule has 0 bridgehead atoms. The van der Waals surface area contributed by atoms with E-state index >= 15 is 0 Å². The fourth-order valence-electron chi connectivity index (χ4n) is 9.78. The van der Waals surface area contributed by atoms with Crippen LogP contribution < -0.4 is 0 Å². The molecule has 2 aromatic carbocycles. The first-order valence-corrected chi connectivity index (χ1v) is 18.9. The van der Waals surface area contributed by atoms with Gasteiger partial charge in [-0.05, 0) is 69.1 Å². The molecule has 2 heterocycles. The molecule has 4 unspecified atom stereocenters. The number of benzene rings is 2. The molecule has 4 aliphatic rings. The minimum absolute atomic E-state index is 0.0850. The predicted octanol–water partition coefficient (Wildman–Crippen LogP) is 6.10. The van der Waals surface area contributed by atoms with Crippen LogP contribution in [0.15, 0.2) is 60.7 Å². The molecule has 2 aromatic rings. The molecule has 8 heteroatoms. The van der Waals surface area contributed by atoms with E-state index in [9.17, 15) is 29.4 Å². The summed E-state index contributed by atoms with van der Waals surface area (Å²) in [5.74, 6) is -0.823. The second-order valence-electron chi connectivity index (χ2n) is 15.2. The van der Waals surface area contributed by atoms with Crippen molar-refractivity contribution in [2.75, 3.05) is 26.2 Å². The van der Waals surface area contributed by atoms with Gasteiger partial charge in [-0.2, -0.15) is 0 Å². The fraction of sp³-hybridized carbons (Fsp3) is 0.610. The van der Waals surface area contributed by atoms with Gasteiger partial charge in [0.1, 0.15) is 11.2 Å². The van der Waals surface area contributed by atoms with Gasteiger partial charge < -0.3 is 20.0 Å². The minimum Gasteiger partial charge on any atom is -0.381 e. The van der Waals surface area contributed by atoms with E-state index in [1.807, 2.05) is 21.9 Å². The zero-order chi connectivity index (χ0) is 34.6. The van der Waals surface area contributed by atoms with Gasteiger partial charge in [0.15, 0.2) is 11.6 Å². The number of Topliss-reactive ketones (excluding diaryl/α,β-unsaturated/α-hetero) is 2. The van der Waals surface area contributed by atoms with Crippen molar-refractivity contribution in [1.29, 1.82) is 0 Å². The molecule has 6 rings (SSSR count). The highest BCUT2D eigenvalue weighted by molar-refractivity contribution is 6.06. The summed E-state index contributed by atoms with van der Waals surface area (Å²) in [5, 5.41) is 23.4. The lowest BCUT2D eigenvalue weighted by atomic mass is 9.69. The summed E-state index contributed by atoms with van der Waals surface area (Å²) in [4.78, 5) is 58.5. The number of aliphatic hydroxyl groups is 2. The third-order valence-corrected chi connectivity index (χ3v) is 12.6. The molecule has 49 heavy (non-hydrogen) atoms. The summed E-state index contributed by atoms with van der Waals surface area (Å²) < 4.78 is 0. The Hall–Kier alpha value is -3.36. The van der Waals surface area contributed by atoms with Crippen LogP contribution in [-0.4, -0.2) is 80.8 Å². The minimum atomic E-state index is -1.66. The van der Waals surface area contributed by atoms with Gasteiger partial charge in [0.2, 0.25) is 11.8 Å². The number of hydrogen-bond donors (Lipinski definition) is 2. The van der Waals surface area contributed by atoms with Gasteiger partial charge in [0, 0.05) is 37.3 Å². The standard InChI is InChI=1S/C41H54N2O6/c1-2-33(29-19-25-42(26-20-29)38(46)34-17-9-11-23-40(34,48)36(44)31-13-5-3-6-14-31)30-21-27-43(28-22-30)39(47)35-18-10-12-24-41(35,49)37(45)32-15-7-4-8-16-32/h3-8,13-16,29-30,33-35,48-49H,2,9-12,17-28H2,1H3. The first kappa shape index (κ1) is 35.5. The Morgan fingerprint density at radius 3 is 1.33 bits per heavy atom. The van der Waals surface area contributed by atoms with Crippen LogP contribution in [0.3, 0.4) is 0 Å². The van der Waals surface area contributed by atoms with Crippen molar-refractivity contribution in [3.8, 4) is 0 Å². The zero-order valence-electron chi connectivity index (χ0n) is 29.1. The Kier molecular flexibility index (Phi) is 11.0. The molecular formula is C41H54N2O6. The number of rotatable bonds is 9. The highest BCUT2D eigenvalue weighted by atomic mass is 16.3. The monoisotopic (exact) mass is 670 g/mol. The number of carbonyl (C=O) groups is 4. The summed E-state index contributed by atoms with van der Waals surface area (Å²) >= 11 is 0. The van der Waals surface area contributed by atoms with Gasteiger partial charge in [0.25, 0.3) is 0 Å². The number of piperidine rings is 2. The molecule has 264 valence electrons. The van der Waals surface area contributed by atoms with Crippen molar-refractivity contribution in [3.05, 3.63) is 71.8 Å². The molecule has 4 atom stereocenters. The maximum Gasteiger partial charge on any atom is 0.229 e. The Morgan fingerprint density at radius 1 is 0.612 bits per heavy atom. The smallest absolute Gasteiger partial charge is 0.229 e. The first-order valence-electron chi connectivity index (χ1n) is 18.9. The van der Waals surface area contributed by atoms with Crippen molar-refractivity contribution in [2.45, 2.75) is 102 Å². The van der Waals surface area contributed by atoms with E-state index in [0.29, 0.717) is 80.7 Å². The molecule has 2 amide bonds. The number of amides is 2. The van der Waals surface area contributed by atoms with Gasteiger partial charge >= 0.3 is 0 Å². The van der Waals surface area contributed by atoms with Crippen molar-refractivity contribution in [1.82, 2.24) is 9.80 Å². The maximum absolute atomic E-state index is 13.9. The lowest BCUT2D eigenvalue weighted by Crippen LogP contribution is -2.56. The van der Waals surface area contributed by atoms with E-state index in [-0.39, 0.29) is 23.4 Å². The molecule has 0 radical (unpaired) electrons. The Balaban J connectivity index is 1.04. The van der Waals surface area contributed by atoms with Crippen molar-refractivity contribution < 1.29 is 29.4 Å². The topological polar surface area (TPSA) is 115 Å². The number of carbonyl (C=O) groups excluding carboxylic acids is 4. The summed E-state index contributed by atoms with van der Waals surface area (Å²) in [6.07, 6.45) is 9.47. The van der Waals surface area contributed by atoms with Gasteiger partial charge in [-0.15, -0.1) is 0 Å². The highest BCUT2D eigenvalue weighted by Gasteiger charge is 2.52. The summed E-state index contributed by atoms with van der Waals surface area (Å²) in [7, 11) is 0. The van der Waals surface area contributed by atoms with Crippen LogP contribution in [0.2, 0.25) is 0 Å². The second kappa shape index (κ2) is 15.3. The normalized spacial score (nSPS) is 29.3. The van der Waals surface area contributed by atoms with Crippen molar-refractivity contribution >= 4 is 23.4 Å². The SMILES string of the molecule is CCC(C1CCN(C(=O)C2CCCCC2(O)C(=O)c2ccccc2)CC1)C1CCN(C(=O)C2CCCCC2(O)C(=O)c2ccccc2)CC1. The third kappa shape index (κ3) is 7.14. The molecule has 8 nitrogen and oxygen atoms in total. The van der Waals surface area contributed by atoms with Crippen molar-refractivity contribution in [2.24, 2.45) is 29.6 Å². The summed E-state index contributed by atoms with van der Waals surface area (Å²) in [6, 6.07) is 17.7. The number of likely N-dealkylation sites (tertiary alicyclic amines) is 2. The second-order valence-corrected chi connectivity index (χ2v) is 15.2. The molecule has 2 aliphatic heterocycles.